The molecule has 0 bridgehead atoms. The molecule has 158 valence electrons. The number of aromatic amines is 1. The largest absolute Gasteiger partial charge is 0.339 e. The molecule has 0 saturated carbocycles. The number of nitrogens with one attached hydrogen (secondary N) is 2. The highest BCUT2D eigenvalue weighted by molar-refractivity contribution is 7.99. The van der Waals surface area contributed by atoms with Gasteiger partial charge in [0.1, 0.15) is 5.03 Å². The minimum atomic E-state index is 0.794. The fourth-order valence-electron chi connectivity index (χ4n) is 3.96. The third-order valence-electron chi connectivity index (χ3n) is 5.46. The second kappa shape index (κ2) is 8.52. The second-order valence-electron chi connectivity index (χ2n) is 8.02. The standard InChI is InChI=1S/C27H24N4S/c1-17-7-6-8-18(2)27(17)24-15-22(28-25-13-19(3)30-31-25)16-26(29-24)32-23-12-11-20-9-4-5-10-21(20)14-23/h4-16H,1-3H3,(H2,28,29,30,31). The molecule has 0 atom stereocenters. The van der Waals surface area contributed by atoms with Crippen molar-refractivity contribution in [1.82, 2.24) is 15.2 Å². The van der Waals surface area contributed by atoms with E-state index in [1.807, 2.05) is 13.0 Å². The van der Waals surface area contributed by atoms with Crippen LogP contribution in [0.1, 0.15) is 16.8 Å². The van der Waals surface area contributed by atoms with Crippen LogP contribution >= 0.6 is 11.8 Å². The van der Waals surface area contributed by atoms with Gasteiger partial charge < -0.3 is 5.32 Å². The normalized spacial score (nSPS) is 11.1. The maximum absolute atomic E-state index is 5.04. The molecule has 2 heterocycles. The molecule has 0 saturated heterocycles. The number of H-pyrrole nitrogens is 1. The van der Waals surface area contributed by atoms with Crippen LogP contribution in [0.4, 0.5) is 11.5 Å². The van der Waals surface area contributed by atoms with E-state index in [1.165, 1.54) is 27.5 Å². The van der Waals surface area contributed by atoms with Gasteiger partial charge >= 0.3 is 0 Å². The zero-order valence-corrected chi connectivity index (χ0v) is 19.1. The maximum Gasteiger partial charge on any atom is 0.152 e. The van der Waals surface area contributed by atoms with Gasteiger partial charge in [0.05, 0.1) is 5.69 Å². The molecule has 4 nitrogen and oxygen atoms in total. The van der Waals surface area contributed by atoms with Gasteiger partial charge in [-0.2, -0.15) is 5.10 Å². The lowest BCUT2D eigenvalue weighted by molar-refractivity contribution is 1.05. The average Bonchev–Trinajstić information content (AvgIpc) is 3.18. The molecule has 0 unspecified atom stereocenters. The second-order valence-corrected chi connectivity index (χ2v) is 9.11. The first-order valence-corrected chi connectivity index (χ1v) is 11.4. The summed E-state index contributed by atoms with van der Waals surface area (Å²) in [7, 11) is 0. The minimum absolute atomic E-state index is 0.794. The summed E-state index contributed by atoms with van der Waals surface area (Å²) in [6.45, 7) is 6.27. The Morgan fingerprint density at radius 3 is 2.31 bits per heavy atom. The highest BCUT2D eigenvalue weighted by Gasteiger charge is 2.12. The first-order chi connectivity index (χ1) is 15.5. The van der Waals surface area contributed by atoms with Gasteiger partial charge in [-0.25, -0.2) is 4.98 Å². The van der Waals surface area contributed by atoms with Gasteiger partial charge in [-0.3, -0.25) is 5.10 Å². The summed E-state index contributed by atoms with van der Waals surface area (Å²) in [4.78, 5) is 6.21. The van der Waals surface area contributed by atoms with Crippen molar-refractivity contribution in [2.45, 2.75) is 30.7 Å². The molecule has 2 N–H and O–H groups in total. The van der Waals surface area contributed by atoms with Gasteiger partial charge in [0.15, 0.2) is 5.82 Å². The Balaban J connectivity index is 1.57. The number of anilines is 2. The van der Waals surface area contributed by atoms with Crippen molar-refractivity contribution in [3.8, 4) is 11.3 Å². The Morgan fingerprint density at radius 2 is 1.56 bits per heavy atom. The summed E-state index contributed by atoms with van der Waals surface area (Å²) in [5.74, 6) is 0.794. The third kappa shape index (κ3) is 4.25. The fourth-order valence-corrected chi connectivity index (χ4v) is 4.85. The molecule has 3 aromatic carbocycles. The molecular formula is C27H24N4S. The Labute approximate surface area is 192 Å². The number of rotatable bonds is 5. The van der Waals surface area contributed by atoms with Gasteiger partial charge in [-0.15, -0.1) is 0 Å². The van der Waals surface area contributed by atoms with Gasteiger partial charge in [0.25, 0.3) is 0 Å². The number of hydrogen-bond donors (Lipinski definition) is 2. The van der Waals surface area contributed by atoms with Gasteiger partial charge in [0.2, 0.25) is 0 Å². The number of fused-ring (bicyclic) bond motifs is 1. The maximum atomic E-state index is 5.04. The molecule has 5 aromatic rings. The van der Waals surface area contributed by atoms with Gasteiger partial charge in [-0.1, -0.05) is 60.3 Å². The molecule has 0 aliphatic rings. The van der Waals surface area contributed by atoms with E-state index in [9.17, 15) is 0 Å². The number of benzene rings is 3. The van der Waals surface area contributed by atoms with Crippen LogP contribution in [0.25, 0.3) is 22.0 Å². The Kier molecular flexibility index (Phi) is 5.41. The molecular weight excluding hydrogens is 412 g/mol. The number of aryl methyl sites for hydroxylation is 3. The number of aromatic nitrogens is 3. The molecule has 0 spiro atoms. The minimum Gasteiger partial charge on any atom is -0.339 e. The van der Waals surface area contributed by atoms with E-state index in [0.29, 0.717) is 0 Å². The van der Waals surface area contributed by atoms with Crippen LogP contribution in [0.3, 0.4) is 0 Å². The fraction of sp³-hybridized carbons (Fsp3) is 0.111. The zero-order valence-electron chi connectivity index (χ0n) is 18.3. The Morgan fingerprint density at radius 1 is 0.781 bits per heavy atom. The van der Waals surface area contributed by atoms with Crippen molar-refractivity contribution in [2.75, 3.05) is 5.32 Å². The van der Waals surface area contributed by atoms with E-state index in [1.54, 1.807) is 11.8 Å². The highest BCUT2D eigenvalue weighted by Crippen LogP contribution is 2.35. The molecule has 0 fully saturated rings. The van der Waals surface area contributed by atoms with E-state index in [-0.39, 0.29) is 0 Å². The predicted molar refractivity (Wildman–Crippen MR) is 134 cm³/mol. The predicted octanol–water partition coefficient (Wildman–Crippen LogP) is 7.44. The van der Waals surface area contributed by atoms with Crippen LogP contribution < -0.4 is 5.32 Å². The van der Waals surface area contributed by atoms with Gasteiger partial charge in [-0.05, 0) is 66.9 Å². The summed E-state index contributed by atoms with van der Waals surface area (Å²) >= 11 is 1.67. The number of hydrogen-bond acceptors (Lipinski definition) is 4. The summed E-state index contributed by atoms with van der Waals surface area (Å²) in [6, 6.07) is 27.5. The quantitative estimate of drug-likeness (QED) is 0.300. The summed E-state index contributed by atoms with van der Waals surface area (Å²) in [5, 5.41) is 14.2. The lowest BCUT2D eigenvalue weighted by Crippen LogP contribution is -1.97. The smallest absolute Gasteiger partial charge is 0.152 e. The monoisotopic (exact) mass is 436 g/mol. The average molecular weight is 437 g/mol. The summed E-state index contributed by atoms with van der Waals surface area (Å²) in [6.07, 6.45) is 0. The Bertz CT molecular complexity index is 1400. The van der Waals surface area contributed by atoms with Crippen LogP contribution in [-0.4, -0.2) is 15.2 Å². The molecule has 0 aliphatic carbocycles. The first kappa shape index (κ1) is 20.3. The molecule has 0 radical (unpaired) electrons. The zero-order chi connectivity index (χ0) is 22.1. The van der Waals surface area contributed by atoms with Gasteiger partial charge in [0, 0.05) is 27.9 Å². The lowest BCUT2D eigenvalue weighted by atomic mass is 9.99. The van der Waals surface area contributed by atoms with E-state index in [2.05, 4.69) is 102 Å². The van der Waals surface area contributed by atoms with E-state index in [4.69, 9.17) is 4.98 Å². The van der Waals surface area contributed by atoms with E-state index in [0.717, 1.165) is 32.8 Å². The topological polar surface area (TPSA) is 53.6 Å². The Hall–Kier alpha value is -3.57. The van der Waals surface area contributed by atoms with Crippen LogP contribution in [0.15, 0.2) is 88.8 Å². The van der Waals surface area contributed by atoms with Crippen molar-refractivity contribution in [3.05, 3.63) is 95.7 Å². The van der Waals surface area contributed by atoms with Crippen LogP contribution in [0, 0.1) is 20.8 Å². The first-order valence-electron chi connectivity index (χ1n) is 10.6. The molecule has 5 heteroatoms. The SMILES string of the molecule is Cc1cc(Nc2cc(Sc3ccc4ccccc4c3)nc(-c3c(C)cccc3C)c2)n[nH]1. The van der Waals surface area contributed by atoms with Crippen molar-refractivity contribution < 1.29 is 0 Å². The van der Waals surface area contributed by atoms with Crippen LogP contribution in [0.2, 0.25) is 0 Å². The third-order valence-corrected chi connectivity index (χ3v) is 6.37. The van der Waals surface area contributed by atoms with Crippen molar-refractivity contribution in [1.29, 1.82) is 0 Å². The lowest BCUT2D eigenvalue weighted by Gasteiger charge is -2.13. The highest BCUT2D eigenvalue weighted by atomic mass is 32.2. The van der Waals surface area contributed by atoms with Crippen LogP contribution in [-0.2, 0) is 0 Å². The van der Waals surface area contributed by atoms with Crippen molar-refractivity contribution >= 4 is 34.0 Å². The number of nitrogens with zero attached hydrogens (tertiary/aromatic N) is 2. The summed E-state index contributed by atoms with van der Waals surface area (Å²) < 4.78 is 0. The van der Waals surface area contributed by atoms with Crippen molar-refractivity contribution in [2.24, 2.45) is 0 Å². The van der Waals surface area contributed by atoms with Crippen molar-refractivity contribution in [3.63, 3.8) is 0 Å². The van der Waals surface area contributed by atoms with E-state index < -0.39 is 0 Å². The molecule has 0 aliphatic heterocycles. The molecule has 2 aromatic heterocycles. The summed E-state index contributed by atoms with van der Waals surface area (Å²) in [5.41, 5.74) is 6.55. The van der Waals surface area contributed by atoms with E-state index >= 15 is 0 Å². The molecule has 32 heavy (non-hydrogen) atoms. The number of pyridine rings is 1. The van der Waals surface area contributed by atoms with Crippen LogP contribution in [0.5, 0.6) is 0 Å². The molecule has 0 amide bonds. The molecule has 5 rings (SSSR count).